The van der Waals surface area contributed by atoms with Crippen LogP contribution in [0.2, 0.25) is 5.02 Å². The summed E-state index contributed by atoms with van der Waals surface area (Å²) in [4.78, 5) is 2.37. The van der Waals surface area contributed by atoms with Crippen molar-refractivity contribution in [2.75, 3.05) is 18.0 Å². The van der Waals surface area contributed by atoms with Crippen LogP contribution >= 0.6 is 11.6 Å². The minimum atomic E-state index is 0.706. The van der Waals surface area contributed by atoms with Crippen molar-refractivity contribution in [3.63, 3.8) is 0 Å². The summed E-state index contributed by atoms with van der Waals surface area (Å²) in [6, 6.07) is 6.03. The lowest BCUT2D eigenvalue weighted by molar-refractivity contribution is 0.578. The van der Waals surface area contributed by atoms with E-state index in [9.17, 15) is 0 Å². The van der Waals surface area contributed by atoms with Crippen LogP contribution in [0.25, 0.3) is 0 Å². The molecule has 2 N–H and O–H groups in total. The molecular formula is C12H16ClN3. The van der Waals surface area contributed by atoms with Crippen molar-refractivity contribution in [1.29, 1.82) is 0 Å². The average Bonchev–Trinajstić information content (AvgIpc) is 2.33. The van der Waals surface area contributed by atoms with Gasteiger partial charge in [0.05, 0.1) is 11.2 Å². The first-order valence-electron chi connectivity index (χ1n) is 5.59. The smallest absolute Gasteiger partial charge is 0.0553 e. The largest absolute Gasteiger partial charge is 0.371 e. The predicted octanol–water partition coefficient (Wildman–Crippen LogP) is 2.62. The summed E-state index contributed by atoms with van der Waals surface area (Å²) in [5.41, 5.74) is 2.06. The Hall–Kier alpha value is -1.22. The molecule has 1 fully saturated rings. The second kappa shape index (κ2) is 5.21. The molecule has 1 aromatic carbocycles. The Morgan fingerprint density at radius 1 is 1.25 bits per heavy atom. The normalized spacial score (nSPS) is 16.9. The fourth-order valence-corrected chi connectivity index (χ4v) is 2.27. The molecule has 1 saturated heterocycles. The van der Waals surface area contributed by atoms with Gasteiger partial charge in [-0.1, -0.05) is 11.6 Å². The van der Waals surface area contributed by atoms with E-state index in [0.717, 1.165) is 18.7 Å². The van der Waals surface area contributed by atoms with Gasteiger partial charge in [0.25, 0.3) is 0 Å². The van der Waals surface area contributed by atoms with Crippen molar-refractivity contribution in [1.82, 2.24) is 0 Å². The number of hydrogen-bond donors (Lipinski definition) is 1. The Morgan fingerprint density at radius 3 is 2.62 bits per heavy atom. The molecule has 16 heavy (non-hydrogen) atoms. The van der Waals surface area contributed by atoms with Gasteiger partial charge in [-0.05, 0) is 37.5 Å². The molecule has 0 spiro atoms. The van der Waals surface area contributed by atoms with Crippen LogP contribution in [0.1, 0.15) is 24.8 Å². The number of piperidine rings is 1. The van der Waals surface area contributed by atoms with Crippen LogP contribution < -0.4 is 10.7 Å². The van der Waals surface area contributed by atoms with Gasteiger partial charge in [0.1, 0.15) is 0 Å². The summed E-state index contributed by atoms with van der Waals surface area (Å²) in [5, 5.41) is 4.19. The standard InChI is InChI=1S/C12H16ClN3/c13-12-8-11(5-4-10(12)9-15-14)16-6-2-1-3-7-16/h4-5,8-9H,1-3,6-7,14H2. The van der Waals surface area contributed by atoms with E-state index in [4.69, 9.17) is 17.4 Å². The summed E-state index contributed by atoms with van der Waals surface area (Å²) in [5.74, 6) is 5.11. The lowest BCUT2D eigenvalue weighted by Crippen LogP contribution is -2.29. The first-order chi connectivity index (χ1) is 7.81. The number of rotatable bonds is 2. The molecule has 4 heteroatoms. The van der Waals surface area contributed by atoms with E-state index in [0.29, 0.717) is 5.02 Å². The third kappa shape index (κ3) is 2.47. The average molecular weight is 238 g/mol. The minimum Gasteiger partial charge on any atom is -0.371 e. The minimum absolute atomic E-state index is 0.706. The number of anilines is 1. The lowest BCUT2D eigenvalue weighted by Gasteiger charge is -2.29. The monoisotopic (exact) mass is 237 g/mol. The third-order valence-electron chi connectivity index (χ3n) is 2.92. The van der Waals surface area contributed by atoms with Crippen LogP contribution in [-0.4, -0.2) is 19.3 Å². The molecule has 0 aliphatic carbocycles. The topological polar surface area (TPSA) is 41.6 Å². The SMILES string of the molecule is NN=Cc1ccc(N2CCCCC2)cc1Cl. The van der Waals surface area contributed by atoms with Gasteiger partial charge in [-0.25, -0.2) is 0 Å². The molecule has 0 saturated carbocycles. The lowest BCUT2D eigenvalue weighted by atomic mass is 10.1. The number of halogens is 1. The van der Waals surface area contributed by atoms with Crippen molar-refractivity contribution in [3.8, 4) is 0 Å². The molecular weight excluding hydrogens is 222 g/mol. The number of nitrogens with two attached hydrogens (primary N) is 1. The van der Waals surface area contributed by atoms with Crippen molar-refractivity contribution in [2.24, 2.45) is 10.9 Å². The molecule has 3 nitrogen and oxygen atoms in total. The Kier molecular flexibility index (Phi) is 3.67. The van der Waals surface area contributed by atoms with Crippen molar-refractivity contribution in [2.45, 2.75) is 19.3 Å². The third-order valence-corrected chi connectivity index (χ3v) is 3.25. The molecule has 0 aromatic heterocycles. The van der Waals surface area contributed by atoms with Gasteiger partial charge in [0, 0.05) is 24.3 Å². The highest BCUT2D eigenvalue weighted by Gasteiger charge is 2.11. The molecule has 0 bridgehead atoms. The quantitative estimate of drug-likeness (QED) is 0.488. The number of nitrogens with zero attached hydrogens (tertiary/aromatic N) is 2. The fourth-order valence-electron chi connectivity index (χ4n) is 2.05. The van der Waals surface area contributed by atoms with E-state index < -0.39 is 0 Å². The number of hydrazone groups is 1. The zero-order valence-corrected chi connectivity index (χ0v) is 9.95. The molecule has 2 rings (SSSR count). The molecule has 1 heterocycles. The summed E-state index contributed by atoms with van der Waals surface area (Å²) in [6.45, 7) is 2.25. The van der Waals surface area contributed by atoms with Gasteiger partial charge in [-0.15, -0.1) is 0 Å². The Labute approximate surface area is 101 Å². The van der Waals surface area contributed by atoms with E-state index in [1.165, 1.54) is 24.9 Å². The highest BCUT2D eigenvalue weighted by molar-refractivity contribution is 6.33. The van der Waals surface area contributed by atoms with Crippen LogP contribution in [0.4, 0.5) is 5.69 Å². The van der Waals surface area contributed by atoms with Gasteiger partial charge in [0.2, 0.25) is 0 Å². The van der Waals surface area contributed by atoms with Gasteiger partial charge < -0.3 is 10.7 Å². The summed E-state index contributed by atoms with van der Waals surface area (Å²) in [7, 11) is 0. The van der Waals surface area contributed by atoms with E-state index in [1.807, 2.05) is 12.1 Å². The zero-order chi connectivity index (χ0) is 11.4. The van der Waals surface area contributed by atoms with Crippen molar-refractivity contribution in [3.05, 3.63) is 28.8 Å². The number of hydrogen-bond acceptors (Lipinski definition) is 3. The van der Waals surface area contributed by atoms with E-state index >= 15 is 0 Å². The Morgan fingerprint density at radius 2 is 2.00 bits per heavy atom. The highest BCUT2D eigenvalue weighted by Crippen LogP contribution is 2.25. The highest BCUT2D eigenvalue weighted by atomic mass is 35.5. The molecule has 1 aliphatic rings. The Balaban J connectivity index is 2.19. The second-order valence-electron chi connectivity index (χ2n) is 4.03. The molecule has 1 aliphatic heterocycles. The maximum atomic E-state index is 6.15. The van der Waals surface area contributed by atoms with Gasteiger partial charge in [-0.3, -0.25) is 0 Å². The van der Waals surface area contributed by atoms with Gasteiger partial charge in [-0.2, -0.15) is 5.10 Å². The second-order valence-corrected chi connectivity index (χ2v) is 4.44. The van der Waals surface area contributed by atoms with E-state index in [-0.39, 0.29) is 0 Å². The molecule has 1 aromatic rings. The first kappa shape index (κ1) is 11.3. The molecule has 0 atom stereocenters. The summed E-state index contributed by atoms with van der Waals surface area (Å²) >= 11 is 6.15. The van der Waals surface area contributed by atoms with Crippen molar-refractivity contribution >= 4 is 23.5 Å². The summed E-state index contributed by atoms with van der Waals surface area (Å²) < 4.78 is 0. The number of benzene rings is 1. The van der Waals surface area contributed by atoms with E-state index in [1.54, 1.807) is 6.21 Å². The zero-order valence-electron chi connectivity index (χ0n) is 9.19. The van der Waals surface area contributed by atoms with Crippen LogP contribution in [-0.2, 0) is 0 Å². The van der Waals surface area contributed by atoms with Crippen molar-refractivity contribution < 1.29 is 0 Å². The molecule has 0 amide bonds. The fraction of sp³-hybridized carbons (Fsp3) is 0.417. The van der Waals surface area contributed by atoms with Crippen LogP contribution in [0.15, 0.2) is 23.3 Å². The van der Waals surface area contributed by atoms with Gasteiger partial charge >= 0.3 is 0 Å². The predicted molar refractivity (Wildman–Crippen MR) is 69.3 cm³/mol. The first-order valence-corrected chi connectivity index (χ1v) is 5.97. The van der Waals surface area contributed by atoms with Crippen LogP contribution in [0, 0.1) is 0 Å². The maximum absolute atomic E-state index is 6.15. The molecule has 0 unspecified atom stereocenters. The van der Waals surface area contributed by atoms with Crippen LogP contribution in [0.5, 0.6) is 0 Å². The summed E-state index contributed by atoms with van der Waals surface area (Å²) in [6.07, 6.45) is 5.44. The Bertz CT molecular complexity index is 384. The van der Waals surface area contributed by atoms with Gasteiger partial charge in [0.15, 0.2) is 0 Å². The molecule has 0 radical (unpaired) electrons. The molecule has 86 valence electrons. The van der Waals surface area contributed by atoms with E-state index in [2.05, 4.69) is 16.1 Å². The maximum Gasteiger partial charge on any atom is 0.0553 e. The van der Waals surface area contributed by atoms with Crippen LogP contribution in [0.3, 0.4) is 0 Å².